The Morgan fingerprint density at radius 3 is 2.77 bits per heavy atom. The van der Waals surface area contributed by atoms with Crippen LogP contribution in [0.2, 0.25) is 0 Å². The Morgan fingerprint density at radius 1 is 1.16 bits per heavy atom. The molecule has 0 radical (unpaired) electrons. The molecule has 0 spiro atoms. The van der Waals surface area contributed by atoms with Gasteiger partial charge in [-0.05, 0) is 49.6 Å². The van der Waals surface area contributed by atoms with Crippen LogP contribution < -0.4 is 19.7 Å². The van der Waals surface area contributed by atoms with Crippen LogP contribution in [0.5, 0.6) is 11.5 Å². The zero-order valence-electron chi connectivity index (χ0n) is 17.4. The Kier molecular flexibility index (Phi) is 5.50. The number of nitrogens with zero attached hydrogens (tertiary/aromatic N) is 4. The fourth-order valence-corrected chi connectivity index (χ4v) is 4.86. The first-order valence-corrected chi connectivity index (χ1v) is 11.4. The van der Waals surface area contributed by atoms with Gasteiger partial charge in [0.1, 0.15) is 13.2 Å². The zero-order chi connectivity index (χ0) is 21.2. The zero-order valence-corrected chi connectivity index (χ0v) is 18.2. The number of carbonyl (C=O) groups is 1. The SMILES string of the molecule is C[C@@H](NC(=O)[C@@H]1CCCN(c2nnc(-n3cccc3)s2)C1)c1ccc2c(c1)OCCO2. The van der Waals surface area contributed by atoms with E-state index in [0.717, 1.165) is 46.7 Å². The molecule has 1 N–H and O–H groups in total. The highest BCUT2D eigenvalue weighted by atomic mass is 32.1. The predicted molar refractivity (Wildman–Crippen MR) is 118 cm³/mol. The molecule has 162 valence electrons. The summed E-state index contributed by atoms with van der Waals surface area (Å²) >= 11 is 1.54. The number of benzene rings is 1. The second kappa shape index (κ2) is 8.58. The Hall–Kier alpha value is -3.07. The lowest BCUT2D eigenvalue weighted by Crippen LogP contribution is -2.43. The summed E-state index contributed by atoms with van der Waals surface area (Å²) in [7, 11) is 0. The molecule has 31 heavy (non-hydrogen) atoms. The van der Waals surface area contributed by atoms with E-state index in [0.29, 0.717) is 19.8 Å². The van der Waals surface area contributed by atoms with Crippen LogP contribution in [-0.4, -0.2) is 47.0 Å². The lowest BCUT2D eigenvalue weighted by atomic mass is 9.96. The number of rotatable bonds is 5. The van der Waals surface area contributed by atoms with Crippen LogP contribution in [0.4, 0.5) is 5.13 Å². The minimum absolute atomic E-state index is 0.0715. The first-order valence-electron chi connectivity index (χ1n) is 10.6. The van der Waals surface area contributed by atoms with Crippen molar-refractivity contribution in [2.45, 2.75) is 25.8 Å². The van der Waals surface area contributed by atoms with Crippen molar-refractivity contribution in [3.05, 3.63) is 48.3 Å². The van der Waals surface area contributed by atoms with Crippen LogP contribution >= 0.6 is 11.3 Å². The van der Waals surface area contributed by atoms with Gasteiger partial charge in [-0.15, -0.1) is 10.2 Å². The largest absolute Gasteiger partial charge is 0.486 e. The van der Waals surface area contributed by atoms with Crippen molar-refractivity contribution in [3.8, 4) is 16.6 Å². The summed E-state index contributed by atoms with van der Waals surface area (Å²) in [5, 5.41) is 13.5. The van der Waals surface area contributed by atoms with Crippen LogP contribution in [-0.2, 0) is 4.79 Å². The molecule has 0 bridgehead atoms. The number of hydrogen-bond acceptors (Lipinski definition) is 7. The fourth-order valence-electron chi connectivity index (χ4n) is 4.01. The molecule has 4 heterocycles. The monoisotopic (exact) mass is 439 g/mol. The van der Waals surface area contributed by atoms with Gasteiger partial charge in [-0.3, -0.25) is 9.36 Å². The van der Waals surface area contributed by atoms with Gasteiger partial charge in [0, 0.05) is 25.5 Å². The number of ether oxygens (including phenoxy) is 2. The minimum atomic E-state index is -0.111. The molecule has 2 aliphatic rings. The van der Waals surface area contributed by atoms with E-state index in [-0.39, 0.29) is 17.9 Å². The number of nitrogens with one attached hydrogen (secondary N) is 1. The molecule has 1 aromatic carbocycles. The van der Waals surface area contributed by atoms with Gasteiger partial charge in [-0.1, -0.05) is 17.4 Å². The topological polar surface area (TPSA) is 81.5 Å². The van der Waals surface area contributed by atoms with Crippen LogP contribution in [0.3, 0.4) is 0 Å². The van der Waals surface area contributed by atoms with Gasteiger partial charge < -0.3 is 19.7 Å². The van der Waals surface area contributed by atoms with E-state index in [2.05, 4.69) is 20.4 Å². The first-order chi connectivity index (χ1) is 15.2. The van der Waals surface area contributed by atoms with Crippen molar-refractivity contribution in [1.82, 2.24) is 20.1 Å². The maximum Gasteiger partial charge on any atom is 0.225 e. The number of hydrogen-bond donors (Lipinski definition) is 1. The standard InChI is InChI=1S/C22H25N5O3S/c1-15(16-6-7-18-19(13-16)30-12-11-29-18)23-20(28)17-5-4-10-27(14-17)22-25-24-21(31-22)26-8-2-3-9-26/h2-3,6-9,13,15,17H,4-5,10-12,14H2,1H3,(H,23,28)/t15-,17-/m1/s1. The van der Waals surface area contributed by atoms with E-state index in [1.807, 2.05) is 54.2 Å². The van der Waals surface area contributed by atoms with Crippen molar-refractivity contribution in [2.75, 3.05) is 31.2 Å². The van der Waals surface area contributed by atoms with E-state index in [9.17, 15) is 4.79 Å². The molecule has 1 fully saturated rings. The average molecular weight is 440 g/mol. The highest BCUT2D eigenvalue weighted by molar-refractivity contribution is 7.17. The maximum atomic E-state index is 13.0. The minimum Gasteiger partial charge on any atom is -0.486 e. The molecule has 1 amide bonds. The number of fused-ring (bicyclic) bond motifs is 1. The lowest BCUT2D eigenvalue weighted by Gasteiger charge is -2.32. The summed E-state index contributed by atoms with van der Waals surface area (Å²) < 4.78 is 13.2. The van der Waals surface area contributed by atoms with Gasteiger partial charge in [-0.2, -0.15) is 0 Å². The Bertz CT molecular complexity index is 1050. The Morgan fingerprint density at radius 2 is 1.94 bits per heavy atom. The summed E-state index contributed by atoms with van der Waals surface area (Å²) in [6, 6.07) is 9.66. The average Bonchev–Trinajstić information content (AvgIpc) is 3.51. The summed E-state index contributed by atoms with van der Waals surface area (Å²) in [6.07, 6.45) is 5.74. The third-order valence-corrected chi connectivity index (χ3v) is 6.71. The number of carbonyl (C=O) groups excluding carboxylic acids is 1. The molecule has 5 rings (SSSR count). The van der Waals surface area contributed by atoms with Crippen LogP contribution in [0.1, 0.15) is 31.4 Å². The molecule has 2 aromatic heterocycles. The van der Waals surface area contributed by atoms with Crippen LogP contribution in [0.15, 0.2) is 42.7 Å². The second-order valence-electron chi connectivity index (χ2n) is 7.88. The molecular weight excluding hydrogens is 414 g/mol. The quantitative estimate of drug-likeness (QED) is 0.658. The van der Waals surface area contributed by atoms with Gasteiger partial charge >= 0.3 is 0 Å². The fraction of sp³-hybridized carbons (Fsp3) is 0.409. The molecule has 0 unspecified atom stereocenters. The maximum absolute atomic E-state index is 13.0. The van der Waals surface area contributed by atoms with Crippen LogP contribution in [0, 0.1) is 5.92 Å². The van der Waals surface area contributed by atoms with Gasteiger partial charge in [0.05, 0.1) is 12.0 Å². The smallest absolute Gasteiger partial charge is 0.225 e. The predicted octanol–water partition coefficient (Wildman–Crippen LogP) is 3.19. The van der Waals surface area contributed by atoms with Gasteiger partial charge in [0.25, 0.3) is 0 Å². The van der Waals surface area contributed by atoms with E-state index in [4.69, 9.17) is 9.47 Å². The molecule has 9 heteroatoms. The molecule has 8 nitrogen and oxygen atoms in total. The van der Waals surface area contributed by atoms with Gasteiger partial charge in [-0.25, -0.2) is 0 Å². The van der Waals surface area contributed by atoms with Crippen molar-refractivity contribution >= 4 is 22.4 Å². The van der Waals surface area contributed by atoms with E-state index < -0.39 is 0 Å². The van der Waals surface area contributed by atoms with Gasteiger partial charge in [0.15, 0.2) is 11.5 Å². The second-order valence-corrected chi connectivity index (χ2v) is 8.81. The lowest BCUT2D eigenvalue weighted by molar-refractivity contribution is -0.125. The number of piperidine rings is 1. The summed E-state index contributed by atoms with van der Waals surface area (Å²) in [6.45, 7) is 4.66. The number of aromatic nitrogens is 3. The normalized spacial score (nSPS) is 19.1. The molecule has 3 aromatic rings. The molecular formula is C22H25N5O3S. The third-order valence-electron chi connectivity index (χ3n) is 5.72. The molecule has 2 atom stereocenters. The molecule has 2 aliphatic heterocycles. The third kappa shape index (κ3) is 4.23. The Balaban J connectivity index is 1.22. The van der Waals surface area contributed by atoms with E-state index in [1.165, 1.54) is 0 Å². The van der Waals surface area contributed by atoms with Crippen molar-refractivity contribution < 1.29 is 14.3 Å². The highest BCUT2D eigenvalue weighted by Crippen LogP contribution is 2.33. The van der Waals surface area contributed by atoms with Crippen molar-refractivity contribution in [2.24, 2.45) is 5.92 Å². The molecule has 0 saturated carbocycles. The summed E-state index contributed by atoms with van der Waals surface area (Å²) in [4.78, 5) is 15.2. The van der Waals surface area contributed by atoms with Crippen molar-refractivity contribution in [3.63, 3.8) is 0 Å². The molecule has 0 aliphatic carbocycles. The summed E-state index contributed by atoms with van der Waals surface area (Å²) in [5.74, 6) is 1.49. The van der Waals surface area contributed by atoms with E-state index >= 15 is 0 Å². The van der Waals surface area contributed by atoms with Crippen LogP contribution in [0.25, 0.3) is 5.13 Å². The number of amides is 1. The Labute approximate surface area is 184 Å². The first kappa shape index (κ1) is 19.9. The van der Waals surface area contributed by atoms with Crippen molar-refractivity contribution in [1.29, 1.82) is 0 Å². The van der Waals surface area contributed by atoms with Gasteiger partial charge in [0.2, 0.25) is 16.2 Å². The number of anilines is 1. The summed E-state index contributed by atoms with van der Waals surface area (Å²) in [5.41, 5.74) is 1.01. The molecule has 1 saturated heterocycles. The highest BCUT2D eigenvalue weighted by Gasteiger charge is 2.29. The van der Waals surface area contributed by atoms with E-state index in [1.54, 1.807) is 11.3 Å².